The van der Waals surface area contributed by atoms with Crippen molar-refractivity contribution >= 4 is 19.8 Å². The van der Waals surface area contributed by atoms with Gasteiger partial charge in [-0.15, -0.1) is 0 Å². The van der Waals surface area contributed by atoms with Gasteiger partial charge in [-0.3, -0.25) is 18.6 Å². The van der Waals surface area contributed by atoms with Crippen molar-refractivity contribution in [1.29, 1.82) is 0 Å². The summed E-state index contributed by atoms with van der Waals surface area (Å²) in [6.45, 7) is 4.44. The fraction of sp³-hybridized carbons (Fsp3) is 0.852. The number of esters is 2. The molecule has 0 aliphatic heterocycles. The highest BCUT2D eigenvalue weighted by atomic mass is 31.2. The van der Waals surface area contributed by atoms with Crippen molar-refractivity contribution in [2.24, 2.45) is 0 Å². The molecule has 2 unspecified atom stereocenters. The standard InChI is InChI=1S/C54H102NO8P/c1-6-8-10-12-14-16-18-20-22-24-25-26-27-28-29-31-33-35-37-39-41-43-45-47-54(57)63-52(51-62-64(58,59)61-49-48-55(3,4)5)50-60-53(56)46-44-42-40-38-36-34-32-30-23-21-19-17-15-13-11-9-7-2/h18,20,24-25,27-28,52H,6-17,19,21-23,26,29-51H2,1-5H3/p+1/b20-18-,25-24-,28-27-. The van der Waals surface area contributed by atoms with Crippen LogP contribution in [0.5, 0.6) is 0 Å². The highest BCUT2D eigenvalue weighted by Crippen LogP contribution is 2.43. The van der Waals surface area contributed by atoms with Crippen molar-refractivity contribution in [3.8, 4) is 0 Å². The van der Waals surface area contributed by atoms with Gasteiger partial charge in [0.1, 0.15) is 19.8 Å². The second kappa shape index (κ2) is 46.3. The van der Waals surface area contributed by atoms with Crippen molar-refractivity contribution in [3.63, 3.8) is 0 Å². The van der Waals surface area contributed by atoms with Gasteiger partial charge >= 0.3 is 19.8 Å². The van der Waals surface area contributed by atoms with Crippen LogP contribution < -0.4 is 0 Å². The van der Waals surface area contributed by atoms with Crippen LogP contribution in [0, 0.1) is 0 Å². The van der Waals surface area contributed by atoms with Crippen LogP contribution in [0.15, 0.2) is 36.5 Å². The van der Waals surface area contributed by atoms with Gasteiger partial charge in [0, 0.05) is 12.8 Å². The maximum absolute atomic E-state index is 12.8. The zero-order valence-corrected chi connectivity index (χ0v) is 43.4. The molecule has 0 aliphatic carbocycles. The molecule has 10 heteroatoms. The molecule has 0 aromatic heterocycles. The number of nitrogens with zero attached hydrogens (tertiary/aromatic N) is 1. The van der Waals surface area contributed by atoms with Crippen LogP contribution in [0.25, 0.3) is 0 Å². The number of hydrogen-bond donors (Lipinski definition) is 1. The van der Waals surface area contributed by atoms with E-state index in [0.717, 1.165) is 57.8 Å². The highest BCUT2D eigenvalue weighted by molar-refractivity contribution is 7.47. The summed E-state index contributed by atoms with van der Waals surface area (Å²) in [5.41, 5.74) is 0. The zero-order valence-electron chi connectivity index (χ0n) is 42.5. The monoisotopic (exact) mass is 925 g/mol. The minimum atomic E-state index is -4.38. The van der Waals surface area contributed by atoms with Gasteiger partial charge in [-0.2, -0.15) is 0 Å². The van der Waals surface area contributed by atoms with Crippen LogP contribution in [0.1, 0.15) is 245 Å². The van der Waals surface area contributed by atoms with E-state index >= 15 is 0 Å². The Morgan fingerprint density at radius 1 is 0.484 bits per heavy atom. The Balaban J connectivity index is 4.23. The van der Waals surface area contributed by atoms with Gasteiger partial charge in [-0.1, -0.05) is 217 Å². The highest BCUT2D eigenvalue weighted by Gasteiger charge is 2.27. The first-order chi connectivity index (χ1) is 31.0. The lowest BCUT2D eigenvalue weighted by Gasteiger charge is -2.24. The largest absolute Gasteiger partial charge is 0.472 e. The first-order valence-corrected chi connectivity index (χ1v) is 28.2. The van der Waals surface area contributed by atoms with E-state index in [2.05, 4.69) is 50.3 Å². The second-order valence-electron chi connectivity index (χ2n) is 19.3. The summed E-state index contributed by atoms with van der Waals surface area (Å²) in [6, 6.07) is 0. The number of hydrogen-bond acceptors (Lipinski definition) is 7. The third-order valence-electron chi connectivity index (χ3n) is 11.7. The number of likely N-dealkylation sites (N-methyl/N-ethyl adjacent to an activating group) is 1. The number of allylic oxidation sites excluding steroid dienone is 6. The molecule has 64 heavy (non-hydrogen) atoms. The zero-order chi connectivity index (χ0) is 47.1. The number of phosphoric ester groups is 1. The lowest BCUT2D eigenvalue weighted by Crippen LogP contribution is -2.37. The molecule has 0 radical (unpaired) electrons. The lowest BCUT2D eigenvalue weighted by atomic mass is 10.0. The van der Waals surface area contributed by atoms with Crippen LogP contribution >= 0.6 is 7.82 Å². The molecule has 0 bridgehead atoms. The molecule has 376 valence electrons. The Morgan fingerprint density at radius 2 is 0.844 bits per heavy atom. The van der Waals surface area contributed by atoms with Gasteiger partial charge in [0.25, 0.3) is 0 Å². The maximum Gasteiger partial charge on any atom is 0.472 e. The Morgan fingerprint density at radius 3 is 1.25 bits per heavy atom. The molecule has 0 aromatic carbocycles. The average Bonchev–Trinajstić information content (AvgIpc) is 3.25. The Kier molecular flexibility index (Phi) is 45.1. The van der Waals surface area contributed by atoms with Crippen molar-refractivity contribution in [1.82, 2.24) is 0 Å². The van der Waals surface area contributed by atoms with Gasteiger partial charge in [0.2, 0.25) is 0 Å². The number of quaternary nitrogens is 1. The Hall–Kier alpha value is -1.77. The van der Waals surface area contributed by atoms with E-state index in [0.29, 0.717) is 23.9 Å². The van der Waals surface area contributed by atoms with Crippen LogP contribution in [-0.2, 0) is 32.7 Å². The minimum absolute atomic E-state index is 0.0312. The molecule has 0 amide bonds. The minimum Gasteiger partial charge on any atom is -0.462 e. The predicted octanol–water partition coefficient (Wildman–Crippen LogP) is 16.0. The summed E-state index contributed by atoms with van der Waals surface area (Å²) in [7, 11) is 1.48. The van der Waals surface area contributed by atoms with Gasteiger partial charge in [-0.25, -0.2) is 4.57 Å². The maximum atomic E-state index is 12.8. The summed E-state index contributed by atoms with van der Waals surface area (Å²) in [4.78, 5) is 35.6. The molecule has 0 fully saturated rings. The third kappa shape index (κ3) is 49.7. The van der Waals surface area contributed by atoms with E-state index in [1.165, 1.54) is 154 Å². The molecule has 0 aliphatic rings. The normalized spacial score (nSPS) is 13.7. The molecule has 0 rings (SSSR count). The first-order valence-electron chi connectivity index (χ1n) is 26.7. The number of carbonyl (C=O) groups is 2. The van der Waals surface area contributed by atoms with Crippen molar-refractivity contribution in [2.75, 3.05) is 47.5 Å². The quantitative estimate of drug-likeness (QED) is 0.0211. The van der Waals surface area contributed by atoms with Crippen LogP contribution in [0.2, 0.25) is 0 Å². The van der Waals surface area contributed by atoms with Gasteiger partial charge in [0.15, 0.2) is 6.10 Å². The molecular weight excluding hydrogens is 822 g/mol. The smallest absolute Gasteiger partial charge is 0.462 e. The second-order valence-corrected chi connectivity index (χ2v) is 20.7. The molecule has 0 saturated carbocycles. The SMILES string of the molecule is CCCCCCC/C=C\C/C=C\C/C=C\CCCCCCCCCCC(=O)OC(COC(=O)CCCCCCCCCCCCCCCCCCC)COP(=O)(O)OCC[N+](C)(C)C. The van der Waals surface area contributed by atoms with Gasteiger partial charge in [-0.05, 0) is 51.4 Å². The van der Waals surface area contributed by atoms with Gasteiger partial charge in [0.05, 0.1) is 27.7 Å². The van der Waals surface area contributed by atoms with E-state index < -0.39 is 26.5 Å². The predicted molar refractivity (Wildman–Crippen MR) is 270 cm³/mol. The van der Waals surface area contributed by atoms with E-state index in [1.807, 2.05) is 21.1 Å². The number of rotatable bonds is 49. The molecular formula is C54H103NO8P+. The van der Waals surface area contributed by atoms with E-state index in [9.17, 15) is 19.0 Å². The molecule has 1 N–H and O–H groups in total. The topological polar surface area (TPSA) is 108 Å². The number of phosphoric acid groups is 1. The molecule has 0 heterocycles. The van der Waals surface area contributed by atoms with Gasteiger partial charge < -0.3 is 18.9 Å². The van der Waals surface area contributed by atoms with Crippen LogP contribution in [-0.4, -0.2) is 74.9 Å². The van der Waals surface area contributed by atoms with E-state index in [4.69, 9.17) is 18.5 Å². The van der Waals surface area contributed by atoms with Crippen LogP contribution in [0.4, 0.5) is 0 Å². The van der Waals surface area contributed by atoms with E-state index in [1.54, 1.807) is 0 Å². The van der Waals surface area contributed by atoms with Crippen molar-refractivity contribution < 1.29 is 42.1 Å². The van der Waals surface area contributed by atoms with Crippen LogP contribution in [0.3, 0.4) is 0 Å². The Bertz CT molecular complexity index is 1180. The Labute approximate surface area is 395 Å². The van der Waals surface area contributed by atoms with E-state index in [-0.39, 0.29) is 25.6 Å². The molecule has 9 nitrogen and oxygen atoms in total. The fourth-order valence-corrected chi connectivity index (χ4v) is 8.24. The molecule has 2 atom stereocenters. The summed E-state index contributed by atoms with van der Waals surface area (Å²) in [5, 5.41) is 0. The molecule has 0 spiro atoms. The third-order valence-corrected chi connectivity index (χ3v) is 12.7. The summed E-state index contributed by atoms with van der Waals surface area (Å²) < 4.78 is 34.5. The summed E-state index contributed by atoms with van der Waals surface area (Å²) in [6.07, 6.45) is 54.8. The molecule has 0 aromatic rings. The summed E-state index contributed by atoms with van der Waals surface area (Å²) in [5.74, 6) is -0.796. The number of ether oxygens (including phenoxy) is 2. The number of unbranched alkanes of at least 4 members (excludes halogenated alkanes) is 29. The van der Waals surface area contributed by atoms with Crippen molar-refractivity contribution in [3.05, 3.63) is 36.5 Å². The average molecular weight is 925 g/mol. The lowest BCUT2D eigenvalue weighted by molar-refractivity contribution is -0.870. The summed E-state index contributed by atoms with van der Waals surface area (Å²) >= 11 is 0. The van der Waals surface area contributed by atoms with Crippen molar-refractivity contribution in [2.45, 2.75) is 251 Å². The number of carbonyl (C=O) groups excluding carboxylic acids is 2. The molecule has 0 saturated heterocycles. The first kappa shape index (κ1) is 62.2. The fourth-order valence-electron chi connectivity index (χ4n) is 7.49.